The largest absolute Gasteiger partial charge is 0.384 e. The molecule has 1 aliphatic carbocycles. The fourth-order valence-electron chi connectivity index (χ4n) is 2.87. The summed E-state index contributed by atoms with van der Waals surface area (Å²) in [6.07, 6.45) is 8.56. The van der Waals surface area contributed by atoms with Crippen molar-refractivity contribution in [2.75, 3.05) is 17.2 Å². The first-order valence-electron chi connectivity index (χ1n) is 8.02. The van der Waals surface area contributed by atoms with Crippen LogP contribution in [0.25, 0.3) is 0 Å². The smallest absolute Gasteiger partial charge is 0.224 e. The molecule has 0 saturated heterocycles. The number of hydrogen-bond acceptors (Lipinski definition) is 2. The molecule has 0 radical (unpaired) electrons. The Hall–Kier alpha value is -1.22. The van der Waals surface area contributed by atoms with Crippen LogP contribution in [0, 0.1) is 5.92 Å². The van der Waals surface area contributed by atoms with Crippen LogP contribution in [0.1, 0.15) is 51.9 Å². The molecule has 21 heavy (non-hydrogen) atoms. The van der Waals surface area contributed by atoms with Gasteiger partial charge >= 0.3 is 0 Å². The third kappa shape index (κ3) is 5.24. The first kappa shape index (κ1) is 16.2. The fourth-order valence-corrected chi connectivity index (χ4v) is 3.06. The van der Waals surface area contributed by atoms with Crippen molar-refractivity contribution in [1.82, 2.24) is 0 Å². The minimum absolute atomic E-state index is 0.0190. The van der Waals surface area contributed by atoms with Crippen LogP contribution in [0.2, 0.25) is 5.02 Å². The van der Waals surface area contributed by atoms with Gasteiger partial charge < -0.3 is 10.6 Å². The number of anilines is 2. The van der Waals surface area contributed by atoms with E-state index in [1.54, 1.807) is 0 Å². The summed E-state index contributed by atoms with van der Waals surface area (Å²) in [7, 11) is 0. The highest BCUT2D eigenvalue weighted by Gasteiger charge is 2.13. The Morgan fingerprint density at radius 1 is 1.29 bits per heavy atom. The van der Waals surface area contributed by atoms with E-state index in [4.69, 9.17) is 11.6 Å². The second kappa shape index (κ2) is 8.28. The highest BCUT2D eigenvalue weighted by molar-refractivity contribution is 6.33. The maximum atomic E-state index is 11.4. The van der Waals surface area contributed by atoms with E-state index < -0.39 is 0 Å². The lowest BCUT2D eigenvalue weighted by Gasteiger charge is -2.22. The van der Waals surface area contributed by atoms with Gasteiger partial charge in [0.2, 0.25) is 5.91 Å². The van der Waals surface area contributed by atoms with Crippen molar-refractivity contribution in [3.05, 3.63) is 23.2 Å². The molecule has 0 aromatic heterocycles. The molecule has 1 aromatic carbocycles. The van der Waals surface area contributed by atoms with Gasteiger partial charge in [0.25, 0.3) is 0 Å². The topological polar surface area (TPSA) is 41.1 Å². The molecule has 0 unspecified atom stereocenters. The average molecular weight is 309 g/mol. The molecule has 0 aliphatic heterocycles. The average Bonchev–Trinajstić information content (AvgIpc) is 2.51. The van der Waals surface area contributed by atoms with Crippen LogP contribution < -0.4 is 10.6 Å². The summed E-state index contributed by atoms with van der Waals surface area (Å²) in [5, 5.41) is 6.97. The molecule has 1 aromatic rings. The van der Waals surface area contributed by atoms with Gasteiger partial charge in [-0.05, 0) is 30.5 Å². The zero-order valence-electron chi connectivity index (χ0n) is 12.8. The molecule has 2 N–H and O–H groups in total. The van der Waals surface area contributed by atoms with E-state index in [9.17, 15) is 4.79 Å². The number of amides is 1. The molecule has 1 saturated carbocycles. The minimum Gasteiger partial charge on any atom is -0.384 e. The molecule has 4 heteroatoms. The zero-order valence-corrected chi connectivity index (χ0v) is 13.5. The highest BCUT2D eigenvalue weighted by atomic mass is 35.5. The summed E-state index contributed by atoms with van der Waals surface area (Å²) < 4.78 is 0. The van der Waals surface area contributed by atoms with Crippen molar-refractivity contribution < 1.29 is 4.79 Å². The van der Waals surface area contributed by atoms with E-state index in [0.717, 1.165) is 23.8 Å². The first-order chi connectivity index (χ1) is 10.2. The third-order valence-corrected chi connectivity index (χ3v) is 4.49. The summed E-state index contributed by atoms with van der Waals surface area (Å²) in [6.45, 7) is 2.78. The Bertz CT molecular complexity index is 470. The van der Waals surface area contributed by atoms with Crippen molar-refractivity contribution >= 4 is 28.9 Å². The monoisotopic (exact) mass is 308 g/mol. The maximum absolute atomic E-state index is 11.4. The quantitative estimate of drug-likeness (QED) is 0.770. The molecule has 0 atom stereocenters. The van der Waals surface area contributed by atoms with Gasteiger partial charge in [-0.25, -0.2) is 0 Å². The molecule has 1 aliphatic rings. The standard InChI is InChI=1S/C17H25ClN2O/c1-2-17(21)20-14-8-9-15(18)16(12-14)19-11-10-13-6-4-3-5-7-13/h8-9,12-13,19H,2-7,10-11H2,1H3,(H,20,21). The van der Waals surface area contributed by atoms with Gasteiger partial charge in [-0.2, -0.15) is 0 Å². The molecule has 3 nitrogen and oxygen atoms in total. The highest BCUT2D eigenvalue weighted by Crippen LogP contribution is 2.28. The lowest BCUT2D eigenvalue weighted by molar-refractivity contribution is -0.115. The lowest BCUT2D eigenvalue weighted by atomic mass is 9.87. The van der Waals surface area contributed by atoms with Gasteiger partial charge in [0.15, 0.2) is 0 Å². The number of halogens is 1. The second-order valence-corrected chi connectivity index (χ2v) is 6.22. The van der Waals surface area contributed by atoms with Crippen molar-refractivity contribution in [2.45, 2.75) is 51.9 Å². The van der Waals surface area contributed by atoms with Crippen LogP contribution in [0.4, 0.5) is 11.4 Å². The number of rotatable bonds is 6. The van der Waals surface area contributed by atoms with E-state index in [2.05, 4.69) is 10.6 Å². The summed E-state index contributed by atoms with van der Waals surface area (Å²) in [6, 6.07) is 5.58. The molecular weight excluding hydrogens is 284 g/mol. The summed E-state index contributed by atoms with van der Waals surface area (Å²) in [4.78, 5) is 11.4. The van der Waals surface area contributed by atoms with Crippen molar-refractivity contribution in [3.8, 4) is 0 Å². The molecule has 0 spiro atoms. The van der Waals surface area contributed by atoms with Gasteiger partial charge in [-0.3, -0.25) is 4.79 Å². The van der Waals surface area contributed by atoms with E-state index in [1.807, 2.05) is 25.1 Å². The summed E-state index contributed by atoms with van der Waals surface area (Å²) in [5.74, 6) is 0.874. The van der Waals surface area contributed by atoms with E-state index >= 15 is 0 Å². The van der Waals surface area contributed by atoms with Gasteiger partial charge in [-0.1, -0.05) is 50.6 Å². The Labute approximate surface area is 132 Å². The Morgan fingerprint density at radius 2 is 2.05 bits per heavy atom. The number of carbonyl (C=O) groups excluding carboxylic acids is 1. The number of hydrogen-bond donors (Lipinski definition) is 2. The predicted molar refractivity (Wildman–Crippen MR) is 90.1 cm³/mol. The maximum Gasteiger partial charge on any atom is 0.224 e. The molecule has 1 fully saturated rings. The van der Waals surface area contributed by atoms with Gasteiger partial charge in [0.05, 0.1) is 10.7 Å². The van der Waals surface area contributed by atoms with Crippen LogP contribution in [0.5, 0.6) is 0 Å². The number of benzene rings is 1. The van der Waals surface area contributed by atoms with Crippen LogP contribution in [0.15, 0.2) is 18.2 Å². The van der Waals surface area contributed by atoms with Gasteiger partial charge in [0.1, 0.15) is 0 Å². The molecule has 0 bridgehead atoms. The number of nitrogens with one attached hydrogen (secondary N) is 2. The molecule has 116 valence electrons. The van der Waals surface area contributed by atoms with Gasteiger partial charge in [-0.15, -0.1) is 0 Å². The zero-order chi connectivity index (χ0) is 15.1. The number of carbonyl (C=O) groups is 1. The fraction of sp³-hybridized carbons (Fsp3) is 0.588. The summed E-state index contributed by atoms with van der Waals surface area (Å²) in [5.41, 5.74) is 1.70. The van der Waals surface area contributed by atoms with Crippen LogP contribution in [-0.4, -0.2) is 12.5 Å². The Balaban J connectivity index is 1.86. The van der Waals surface area contributed by atoms with Crippen LogP contribution in [-0.2, 0) is 4.79 Å². The molecular formula is C17H25ClN2O. The van der Waals surface area contributed by atoms with Crippen molar-refractivity contribution in [1.29, 1.82) is 0 Å². The van der Waals surface area contributed by atoms with Crippen LogP contribution >= 0.6 is 11.6 Å². The SMILES string of the molecule is CCC(=O)Nc1ccc(Cl)c(NCCC2CCCCC2)c1. The molecule has 0 heterocycles. The van der Waals surface area contributed by atoms with E-state index in [0.29, 0.717) is 11.4 Å². The summed E-state index contributed by atoms with van der Waals surface area (Å²) >= 11 is 6.21. The second-order valence-electron chi connectivity index (χ2n) is 5.82. The van der Waals surface area contributed by atoms with Crippen molar-refractivity contribution in [3.63, 3.8) is 0 Å². The van der Waals surface area contributed by atoms with Crippen LogP contribution in [0.3, 0.4) is 0 Å². The van der Waals surface area contributed by atoms with Crippen molar-refractivity contribution in [2.24, 2.45) is 5.92 Å². The Kier molecular flexibility index (Phi) is 6.37. The van der Waals surface area contributed by atoms with Gasteiger partial charge in [0, 0.05) is 18.7 Å². The van der Waals surface area contributed by atoms with E-state index in [1.165, 1.54) is 38.5 Å². The third-order valence-electron chi connectivity index (χ3n) is 4.16. The minimum atomic E-state index is 0.0190. The lowest BCUT2D eigenvalue weighted by Crippen LogP contribution is -2.13. The van der Waals surface area contributed by atoms with E-state index in [-0.39, 0.29) is 5.91 Å². The predicted octanol–water partition coefficient (Wildman–Crippen LogP) is 5.07. The Morgan fingerprint density at radius 3 is 2.76 bits per heavy atom. The first-order valence-corrected chi connectivity index (χ1v) is 8.40. The normalized spacial score (nSPS) is 15.7. The molecule has 1 amide bonds. The molecule has 2 rings (SSSR count).